The Morgan fingerprint density at radius 1 is 1.38 bits per heavy atom. The number of nitrogens with one attached hydrogen (secondary N) is 2. The van der Waals surface area contributed by atoms with Gasteiger partial charge in [-0.3, -0.25) is 9.48 Å². The highest BCUT2D eigenvalue weighted by Crippen LogP contribution is 2.44. The van der Waals surface area contributed by atoms with Gasteiger partial charge >= 0.3 is 0 Å². The fraction of sp³-hybridized carbons (Fsp3) is 0.412. The Hall–Kier alpha value is -2.97. The molecule has 1 saturated carbocycles. The van der Waals surface area contributed by atoms with E-state index in [1.54, 1.807) is 10.9 Å². The lowest BCUT2D eigenvalue weighted by molar-refractivity contribution is -0.122. The van der Waals surface area contributed by atoms with E-state index in [-0.39, 0.29) is 41.5 Å². The SMILES string of the molecule is CCn1cc(Nc2ncc(F)c(N[C@@H]3[C@H](C(N)=O)[C@@H]4C=C[C@@H]3C4)n2)cn1. The molecule has 2 aromatic heterocycles. The number of rotatable bonds is 6. The summed E-state index contributed by atoms with van der Waals surface area (Å²) in [6.45, 7) is 2.72. The number of halogens is 1. The van der Waals surface area contributed by atoms with Crippen LogP contribution >= 0.6 is 0 Å². The standard InChI is InChI=1S/C17H20FN7O/c1-2-25-8-11(6-21-25)22-17-20-7-12(18)16(24-17)23-14-10-4-3-9(5-10)13(14)15(19)26/h3-4,6-10,13-14H,2,5H2,1H3,(H2,19,26)(H2,20,22,23,24)/t9-,10-,13-,14+/m1/s1. The van der Waals surface area contributed by atoms with Gasteiger partial charge in [0, 0.05) is 18.8 Å². The number of hydrogen-bond donors (Lipinski definition) is 3. The van der Waals surface area contributed by atoms with Crippen LogP contribution in [0.4, 0.5) is 21.8 Å². The number of carbonyl (C=O) groups excluding carboxylic acids is 1. The van der Waals surface area contributed by atoms with Gasteiger partial charge in [-0.05, 0) is 25.2 Å². The van der Waals surface area contributed by atoms with Gasteiger partial charge in [0.1, 0.15) is 0 Å². The zero-order chi connectivity index (χ0) is 18.3. The quantitative estimate of drug-likeness (QED) is 0.678. The first-order chi connectivity index (χ1) is 12.5. The molecule has 0 unspecified atom stereocenters. The first-order valence-electron chi connectivity index (χ1n) is 8.61. The predicted octanol–water partition coefficient (Wildman–Crippen LogP) is 1.66. The van der Waals surface area contributed by atoms with Gasteiger partial charge in [-0.2, -0.15) is 10.1 Å². The maximum Gasteiger partial charge on any atom is 0.229 e. The molecule has 1 fully saturated rings. The summed E-state index contributed by atoms with van der Waals surface area (Å²) in [6.07, 6.45) is 9.48. The van der Waals surface area contributed by atoms with E-state index in [2.05, 4.69) is 31.8 Å². The number of amides is 1. The number of allylic oxidation sites excluding steroid dienone is 1. The van der Waals surface area contributed by atoms with Gasteiger partial charge in [-0.15, -0.1) is 0 Å². The van der Waals surface area contributed by atoms with E-state index in [1.807, 2.05) is 19.2 Å². The second-order valence-electron chi connectivity index (χ2n) is 6.65. The zero-order valence-electron chi connectivity index (χ0n) is 14.3. The van der Waals surface area contributed by atoms with E-state index in [4.69, 9.17) is 5.73 Å². The van der Waals surface area contributed by atoms with Crippen molar-refractivity contribution in [3.05, 3.63) is 36.6 Å². The lowest BCUT2D eigenvalue weighted by Crippen LogP contribution is -2.41. The van der Waals surface area contributed by atoms with Gasteiger partial charge in [-0.25, -0.2) is 9.37 Å². The topological polar surface area (TPSA) is 111 Å². The van der Waals surface area contributed by atoms with Crippen molar-refractivity contribution in [1.82, 2.24) is 19.7 Å². The third-order valence-electron chi connectivity index (χ3n) is 5.05. The molecular formula is C17H20FN7O. The summed E-state index contributed by atoms with van der Waals surface area (Å²) >= 11 is 0. The summed E-state index contributed by atoms with van der Waals surface area (Å²) in [5, 5.41) is 10.2. The van der Waals surface area contributed by atoms with Crippen LogP contribution in [-0.4, -0.2) is 31.7 Å². The molecule has 136 valence electrons. The van der Waals surface area contributed by atoms with Crippen molar-refractivity contribution < 1.29 is 9.18 Å². The maximum atomic E-state index is 14.2. The number of aromatic nitrogens is 4. The molecule has 0 aromatic carbocycles. The van der Waals surface area contributed by atoms with Crippen molar-refractivity contribution in [3.63, 3.8) is 0 Å². The van der Waals surface area contributed by atoms with Crippen molar-refractivity contribution in [2.24, 2.45) is 23.5 Å². The van der Waals surface area contributed by atoms with E-state index >= 15 is 0 Å². The van der Waals surface area contributed by atoms with E-state index in [0.717, 1.165) is 19.2 Å². The average molecular weight is 357 g/mol. The Morgan fingerprint density at radius 3 is 2.92 bits per heavy atom. The Bertz CT molecular complexity index is 865. The Morgan fingerprint density at radius 2 is 2.19 bits per heavy atom. The molecule has 0 radical (unpaired) electrons. The molecule has 2 aromatic rings. The van der Waals surface area contributed by atoms with Gasteiger partial charge in [0.25, 0.3) is 0 Å². The van der Waals surface area contributed by atoms with Crippen LogP contribution in [0, 0.1) is 23.6 Å². The Balaban J connectivity index is 1.55. The Labute approximate surface area is 149 Å². The van der Waals surface area contributed by atoms with Crippen LogP contribution in [0.3, 0.4) is 0 Å². The van der Waals surface area contributed by atoms with Gasteiger partial charge in [-0.1, -0.05) is 12.2 Å². The van der Waals surface area contributed by atoms with Crippen LogP contribution in [0.15, 0.2) is 30.7 Å². The molecule has 2 aliphatic carbocycles. The lowest BCUT2D eigenvalue weighted by atomic mass is 9.88. The molecule has 26 heavy (non-hydrogen) atoms. The van der Waals surface area contributed by atoms with Crippen LogP contribution < -0.4 is 16.4 Å². The maximum absolute atomic E-state index is 14.2. The number of nitrogens with two attached hydrogens (primary N) is 1. The van der Waals surface area contributed by atoms with Crippen molar-refractivity contribution in [3.8, 4) is 0 Å². The van der Waals surface area contributed by atoms with Crippen molar-refractivity contribution in [2.75, 3.05) is 10.6 Å². The van der Waals surface area contributed by atoms with Gasteiger partial charge in [0.05, 0.1) is 24.0 Å². The zero-order valence-corrected chi connectivity index (χ0v) is 14.3. The summed E-state index contributed by atoms with van der Waals surface area (Å²) in [4.78, 5) is 20.0. The number of nitrogens with zero attached hydrogens (tertiary/aromatic N) is 4. The third-order valence-corrected chi connectivity index (χ3v) is 5.05. The van der Waals surface area contributed by atoms with Crippen LogP contribution in [-0.2, 0) is 11.3 Å². The van der Waals surface area contributed by atoms with E-state index in [9.17, 15) is 9.18 Å². The molecular weight excluding hydrogens is 337 g/mol. The number of primary amides is 1. The fourth-order valence-corrected chi connectivity index (χ4v) is 3.82. The molecule has 1 amide bonds. The minimum atomic E-state index is -0.574. The molecule has 4 N–H and O–H groups in total. The molecule has 4 rings (SSSR count). The second-order valence-corrected chi connectivity index (χ2v) is 6.65. The van der Waals surface area contributed by atoms with Crippen molar-refractivity contribution in [2.45, 2.75) is 25.9 Å². The molecule has 2 aliphatic rings. The van der Waals surface area contributed by atoms with Gasteiger partial charge < -0.3 is 16.4 Å². The fourth-order valence-electron chi connectivity index (χ4n) is 3.82. The van der Waals surface area contributed by atoms with Crippen LogP contribution in [0.25, 0.3) is 0 Å². The molecule has 9 heteroatoms. The molecule has 0 spiro atoms. The lowest BCUT2D eigenvalue weighted by Gasteiger charge is -2.27. The number of aryl methyl sites for hydroxylation is 1. The van der Waals surface area contributed by atoms with Gasteiger partial charge in [0.2, 0.25) is 11.9 Å². The van der Waals surface area contributed by atoms with E-state index in [1.165, 1.54) is 0 Å². The molecule has 4 atom stereocenters. The van der Waals surface area contributed by atoms with E-state index < -0.39 is 5.82 Å². The minimum absolute atomic E-state index is 0.0579. The van der Waals surface area contributed by atoms with Gasteiger partial charge in [0.15, 0.2) is 11.6 Å². The highest BCUT2D eigenvalue weighted by molar-refractivity contribution is 5.79. The van der Waals surface area contributed by atoms with Crippen molar-refractivity contribution >= 4 is 23.4 Å². The van der Waals surface area contributed by atoms with Crippen LogP contribution in [0.2, 0.25) is 0 Å². The number of carbonyl (C=O) groups is 1. The first-order valence-corrected chi connectivity index (χ1v) is 8.61. The van der Waals surface area contributed by atoms with E-state index in [0.29, 0.717) is 5.69 Å². The highest BCUT2D eigenvalue weighted by Gasteiger charge is 2.47. The highest BCUT2D eigenvalue weighted by atomic mass is 19.1. The second kappa shape index (κ2) is 6.40. The molecule has 0 aliphatic heterocycles. The summed E-state index contributed by atoms with van der Waals surface area (Å²) in [5.74, 6) is -0.752. The molecule has 8 nitrogen and oxygen atoms in total. The summed E-state index contributed by atoms with van der Waals surface area (Å²) in [7, 11) is 0. The molecule has 0 saturated heterocycles. The average Bonchev–Trinajstić information content (AvgIpc) is 3.33. The summed E-state index contributed by atoms with van der Waals surface area (Å²) in [5.41, 5.74) is 6.26. The molecule has 2 heterocycles. The molecule has 2 bridgehead atoms. The summed E-state index contributed by atoms with van der Waals surface area (Å²) in [6, 6.07) is -0.261. The monoisotopic (exact) mass is 357 g/mol. The first kappa shape index (κ1) is 16.5. The summed E-state index contributed by atoms with van der Waals surface area (Å²) < 4.78 is 16.0. The van der Waals surface area contributed by atoms with Crippen LogP contribution in [0.5, 0.6) is 0 Å². The minimum Gasteiger partial charge on any atom is -0.369 e. The van der Waals surface area contributed by atoms with Crippen molar-refractivity contribution in [1.29, 1.82) is 0 Å². The third kappa shape index (κ3) is 2.89. The largest absolute Gasteiger partial charge is 0.369 e. The Kier molecular flexibility index (Phi) is 4.06. The normalized spacial score (nSPS) is 26.2. The number of hydrogen-bond acceptors (Lipinski definition) is 6. The number of anilines is 3. The predicted molar refractivity (Wildman–Crippen MR) is 94.0 cm³/mol. The number of fused-ring (bicyclic) bond motifs is 2. The van der Waals surface area contributed by atoms with Crippen LogP contribution in [0.1, 0.15) is 13.3 Å². The smallest absolute Gasteiger partial charge is 0.229 e.